The predicted octanol–water partition coefficient (Wildman–Crippen LogP) is -0.137. The fourth-order valence-electron chi connectivity index (χ4n) is 2.41. The average Bonchev–Trinajstić information content (AvgIpc) is 2.84. The van der Waals surface area contributed by atoms with Gasteiger partial charge in [-0.1, -0.05) is 13.8 Å². The first-order valence-electron chi connectivity index (χ1n) is 6.97. The molecule has 8 nitrogen and oxygen atoms in total. The van der Waals surface area contributed by atoms with E-state index in [-0.39, 0.29) is 23.9 Å². The van der Waals surface area contributed by atoms with Crippen molar-refractivity contribution in [2.45, 2.75) is 26.4 Å². The van der Waals surface area contributed by atoms with Crippen molar-refractivity contribution in [2.24, 2.45) is 5.92 Å². The standard InChI is InChI=1S/C13H19N3O5S/c1-9(2)7-16-10(3-4-14-16)12(17)15-5-6-22(20,21)8-11(15)13(18)19/h3-4,9,11H,5-8H2,1-2H3,(H,18,19). The summed E-state index contributed by atoms with van der Waals surface area (Å²) in [6.45, 7) is 4.36. The molecule has 122 valence electrons. The summed E-state index contributed by atoms with van der Waals surface area (Å²) in [5.41, 5.74) is 0.277. The van der Waals surface area contributed by atoms with Crippen molar-refractivity contribution in [1.29, 1.82) is 0 Å². The lowest BCUT2D eigenvalue weighted by molar-refractivity contribution is -0.141. The molecule has 0 aromatic carbocycles. The largest absolute Gasteiger partial charge is 0.480 e. The van der Waals surface area contributed by atoms with Crippen molar-refractivity contribution in [3.63, 3.8) is 0 Å². The monoisotopic (exact) mass is 329 g/mol. The Balaban J connectivity index is 2.28. The third-order valence-electron chi connectivity index (χ3n) is 3.45. The second kappa shape index (κ2) is 6.07. The van der Waals surface area contributed by atoms with Gasteiger partial charge in [0.25, 0.3) is 5.91 Å². The molecule has 1 amide bonds. The molecule has 1 unspecified atom stereocenters. The number of nitrogens with zero attached hydrogens (tertiary/aromatic N) is 3. The van der Waals surface area contributed by atoms with E-state index in [9.17, 15) is 23.1 Å². The number of hydrogen-bond donors (Lipinski definition) is 1. The van der Waals surface area contributed by atoms with E-state index in [1.807, 2.05) is 13.8 Å². The van der Waals surface area contributed by atoms with Crippen LogP contribution in [0.5, 0.6) is 0 Å². The van der Waals surface area contributed by atoms with Gasteiger partial charge in [-0.05, 0) is 12.0 Å². The molecule has 1 aliphatic rings. The second-order valence-electron chi connectivity index (χ2n) is 5.76. The van der Waals surface area contributed by atoms with Crippen LogP contribution in [0.15, 0.2) is 12.3 Å². The SMILES string of the molecule is CC(C)Cn1nccc1C(=O)N1CCS(=O)(=O)CC1C(=O)O. The third kappa shape index (κ3) is 3.46. The van der Waals surface area contributed by atoms with Crippen molar-refractivity contribution in [3.8, 4) is 0 Å². The van der Waals surface area contributed by atoms with Crippen LogP contribution in [0.1, 0.15) is 24.3 Å². The third-order valence-corrected chi connectivity index (χ3v) is 5.08. The number of rotatable bonds is 4. The summed E-state index contributed by atoms with van der Waals surface area (Å²) in [6.07, 6.45) is 1.48. The molecule has 1 atom stereocenters. The molecule has 0 radical (unpaired) electrons. The van der Waals surface area contributed by atoms with Crippen LogP contribution in [0.25, 0.3) is 0 Å². The first kappa shape index (κ1) is 16.5. The molecule has 0 aliphatic carbocycles. The quantitative estimate of drug-likeness (QED) is 0.823. The van der Waals surface area contributed by atoms with Gasteiger partial charge < -0.3 is 10.0 Å². The molecule has 1 fully saturated rings. The molecule has 1 aliphatic heterocycles. The second-order valence-corrected chi connectivity index (χ2v) is 7.99. The van der Waals surface area contributed by atoms with Crippen LogP contribution in [0.4, 0.5) is 0 Å². The minimum absolute atomic E-state index is 0.120. The number of hydrogen-bond acceptors (Lipinski definition) is 5. The molecular formula is C13H19N3O5S. The smallest absolute Gasteiger partial charge is 0.327 e. The number of aliphatic carboxylic acids is 1. The summed E-state index contributed by atoms with van der Waals surface area (Å²) in [4.78, 5) is 25.0. The highest BCUT2D eigenvalue weighted by Gasteiger charge is 2.39. The van der Waals surface area contributed by atoms with E-state index in [2.05, 4.69) is 5.10 Å². The summed E-state index contributed by atoms with van der Waals surface area (Å²) >= 11 is 0. The molecule has 1 N–H and O–H groups in total. The zero-order chi connectivity index (χ0) is 16.5. The zero-order valence-electron chi connectivity index (χ0n) is 12.5. The van der Waals surface area contributed by atoms with E-state index < -0.39 is 33.5 Å². The van der Waals surface area contributed by atoms with Gasteiger partial charge in [0.05, 0.1) is 11.5 Å². The summed E-state index contributed by atoms with van der Waals surface area (Å²) in [7, 11) is -3.44. The Labute approximate surface area is 128 Å². The molecule has 2 heterocycles. The number of carbonyl (C=O) groups is 2. The maximum atomic E-state index is 12.6. The number of sulfone groups is 1. The van der Waals surface area contributed by atoms with Crippen LogP contribution in [0.3, 0.4) is 0 Å². The molecule has 22 heavy (non-hydrogen) atoms. The van der Waals surface area contributed by atoms with E-state index in [0.29, 0.717) is 6.54 Å². The fraction of sp³-hybridized carbons (Fsp3) is 0.615. The van der Waals surface area contributed by atoms with Crippen LogP contribution in [0.2, 0.25) is 0 Å². The topological polar surface area (TPSA) is 110 Å². The maximum Gasteiger partial charge on any atom is 0.327 e. The predicted molar refractivity (Wildman–Crippen MR) is 78.2 cm³/mol. The van der Waals surface area contributed by atoms with Crippen LogP contribution in [-0.4, -0.2) is 64.2 Å². The van der Waals surface area contributed by atoms with E-state index in [4.69, 9.17) is 0 Å². The molecular weight excluding hydrogens is 310 g/mol. The Bertz CT molecular complexity index is 680. The van der Waals surface area contributed by atoms with Crippen molar-refractivity contribution in [2.75, 3.05) is 18.1 Å². The van der Waals surface area contributed by atoms with Crippen molar-refractivity contribution < 1.29 is 23.1 Å². The normalized spacial score (nSPS) is 21.0. The van der Waals surface area contributed by atoms with Gasteiger partial charge in [0.2, 0.25) is 0 Å². The molecule has 0 spiro atoms. The van der Waals surface area contributed by atoms with Gasteiger partial charge in [-0.25, -0.2) is 13.2 Å². The Morgan fingerprint density at radius 1 is 1.45 bits per heavy atom. The van der Waals surface area contributed by atoms with Crippen LogP contribution in [0, 0.1) is 5.92 Å². The number of carbonyl (C=O) groups excluding carboxylic acids is 1. The van der Waals surface area contributed by atoms with Gasteiger partial charge in [0.15, 0.2) is 9.84 Å². The van der Waals surface area contributed by atoms with E-state index in [1.165, 1.54) is 16.9 Å². The summed E-state index contributed by atoms with van der Waals surface area (Å²) in [5.74, 6) is -2.32. The van der Waals surface area contributed by atoms with E-state index in [1.54, 1.807) is 0 Å². The molecule has 9 heteroatoms. The lowest BCUT2D eigenvalue weighted by atomic mass is 10.2. The number of aromatic nitrogens is 2. The fourth-order valence-corrected chi connectivity index (χ4v) is 3.85. The van der Waals surface area contributed by atoms with Crippen LogP contribution < -0.4 is 0 Å². The van der Waals surface area contributed by atoms with Gasteiger partial charge in [-0.15, -0.1) is 0 Å². The van der Waals surface area contributed by atoms with Crippen molar-refractivity contribution >= 4 is 21.7 Å². The Morgan fingerprint density at radius 2 is 2.14 bits per heavy atom. The first-order chi connectivity index (χ1) is 10.2. The van der Waals surface area contributed by atoms with E-state index >= 15 is 0 Å². The van der Waals surface area contributed by atoms with Gasteiger partial charge in [-0.3, -0.25) is 9.48 Å². The molecule has 1 aromatic heterocycles. The number of carboxylic acids is 1. The highest BCUT2D eigenvalue weighted by atomic mass is 32.2. The molecule has 2 rings (SSSR count). The lowest BCUT2D eigenvalue weighted by Gasteiger charge is -2.32. The van der Waals surface area contributed by atoms with Crippen LogP contribution >= 0.6 is 0 Å². The average molecular weight is 329 g/mol. The van der Waals surface area contributed by atoms with Gasteiger partial charge >= 0.3 is 5.97 Å². The lowest BCUT2D eigenvalue weighted by Crippen LogP contribution is -2.55. The number of amides is 1. The van der Waals surface area contributed by atoms with Crippen LogP contribution in [-0.2, 0) is 21.2 Å². The number of carboxylic acid groups (broad SMARTS) is 1. The van der Waals surface area contributed by atoms with Crippen molar-refractivity contribution in [3.05, 3.63) is 18.0 Å². The Kier molecular flexibility index (Phi) is 4.55. The van der Waals surface area contributed by atoms with Gasteiger partial charge in [0, 0.05) is 19.3 Å². The summed E-state index contributed by atoms with van der Waals surface area (Å²) < 4.78 is 24.8. The summed E-state index contributed by atoms with van der Waals surface area (Å²) in [6, 6.07) is 0.167. The van der Waals surface area contributed by atoms with E-state index in [0.717, 1.165) is 4.90 Å². The molecule has 1 saturated heterocycles. The molecule has 1 aromatic rings. The Morgan fingerprint density at radius 3 is 2.73 bits per heavy atom. The highest BCUT2D eigenvalue weighted by molar-refractivity contribution is 7.91. The first-order valence-corrected chi connectivity index (χ1v) is 8.79. The highest BCUT2D eigenvalue weighted by Crippen LogP contribution is 2.16. The maximum absolute atomic E-state index is 12.6. The zero-order valence-corrected chi connectivity index (χ0v) is 13.3. The Hall–Kier alpha value is -1.90. The van der Waals surface area contributed by atoms with Gasteiger partial charge in [0.1, 0.15) is 11.7 Å². The van der Waals surface area contributed by atoms with Gasteiger partial charge in [-0.2, -0.15) is 5.10 Å². The molecule has 0 saturated carbocycles. The molecule has 0 bridgehead atoms. The minimum Gasteiger partial charge on any atom is -0.480 e. The van der Waals surface area contributed by atoms with Crippen molar-refractivity contribution in [1.82, 2.24) is 14.7 Å². The summed E-state index contributed by atoms with van der Waals surface area (Å²) in [5, 5.41) is 13.3. The minimum atomic E-state index is -3.44.